The first kappa shape index (κ1) is 34.7. The molecule has 9 N–H and O–H groups in total. The predicted molar refractivity (Wildman–Crippen MR) is 159 cm³/mol. The molecule has 1 aromatic carbocycles. The standard InChI is InChI=1S/C30H48N6O6/c1-19(2)16-24-23(29(40)36-41)7-5-15-42-22-11-9-20(10-12-22)17-25(35-28(24)39)27(38)18-21(26(37)8-3-13-31)6-4-14-34-30(32)33/h9-12,19,21,23-25,41H,3-8,13-18,31H2,1-2H3,(H,35,39)(H,36,40)(H4,32,33,34)/t21-,23+,24-,25+/m1/s1. The summed E-state index contributed by atoms with van der Waals surface area (Å²) in [5.41, 5.74) is 19.0. The molecule has 2 aliphatic rings. The van der Waals surface area contributed by atoms with E-state index in [1.807, 2.05) is 26.0 Å². The van der Waals surface area contributed by atoms with Crippen molar-refractivity contribution in [2.75, 3.05) is 19.7 Å². The fraction of sp³-hybridized carbons (Fsp3) is 0.633. The second-order valence-electron chi connectivity index (χ2n) is 11.4. The van der Waals surface area contributed by atoms with Gasteiger partial charge in [0.15, 0.2) is 11.7 Å². The third-order valence-corrected chi connectivity index (χ3v) is 7.53. The van der Waals surface area contributed by atoms with E-state index in [-0.39, 0.29) is 42.7 Å². The van der Waals surface area contributed by atoms with Gasteiger partial charge in [0.25, 0.3) is 0 Å². The fourth-order valence-electron chi connectivity index (χ4n) is 5.32. The van der Waals surface area contributed by atoms with Gasteiger partial charge in [-0.1, -0.05) is 26.0 Å². The maximum atomic E-state index is 13.8. The molecule has 234 valence electrons. The topological polar surface area (TPSA) is 212 Å². The summed E-state index contributed by atoms with van der Waals surface area (Å²) in [6.45, 7) is 4.92. The van der Waals surface area contributed by atoms with Gasteiger partial charge in [-0.2, -0.15) is 0 Å². The number of ether oxygens (including phenoxy) is 1. The number of benzene rings is 1. The second-order valence-corrected chi connectivity index (χ2v) is 11.4. The summed E-state index contributed by atoms with van der Waals surface area (Å²) < 4.78 is 5.82. The molecule has 2 heterocycles. The minimum atomic E-state index is -0.928. The molecule has 2 aliphatic heterocycles. The zero-order valence-corrected chi connectivity index (χ0v) is 24.8. The Labute approximate surface area is 248 Å². The van der Waals surface area contributed by atoms with E-state index in [4.69, 9.17) is 21.9 Å². The van der Waals surface area contributed by atoms with Crippen LogP contribution in [0, 0.1) is 23.7 Å². The Morgan fingerprint density at radius 1 is 1.17 bits per heavy atom. The number of hydrogen-bond acceptors (Lipinski definition) is 8. The maximum Gasteiger partial charge on any atom is 0.247 e. The van der Waals surface area contributed by atoms with Gasteiger partial charge in [0.05, 0.1) is 18.6 Å². The summed E-state index contributed by atoms with van der Waals surface area (Å²) in [6, 6.07) is 6.36. The molecule has 0 radical (unpaired) electrons. The van der Waals surface area contributed by atoms with Crippen molar-refractivity contribution in [2.45, 2.75) is 77.7 Å². The zero-order chi connectivity index (χ0) is 31.1. The van der Waals surface area contributed by atoms with Crippen LogP contribution in [0.2, 0.25) is 0 Å². The average molecular weight is 589 g/mol. The van der Waals surface area contributed by atoms with Crippen LogP contribution in [0.3, 0.4) is 0 Å². The van der Waals surface area contributed by atoms with E-state index >= 15 is 0 Å². The molecular formula is C30H48N6O6. The van der Waals surface area contributed by atoms with E-state index < -0.39 is 35.6 Å². The first-order valence-electron chi connectivity index (χ1n) is 14.8. The van der Waals surface area contributed by atoms with Crippen LogP contribution in [-0.2, 0) is 25.6 Å². The van der Waals surface area contributed by atoms with Crippen molar-refractivity contribution < 1.29 is 29.1 Å². The van der Waals surface area contributed by atoms with E-state index in [1.165, 1.54) is 0 Å². The number of hydroxylamine groups is 1. The Bertz CT molecular complexity index is 1060. The highest BCUT2D eigenvalue weighted by molar-refractivity contribution is 5.94. The van der Waals surface area contributed by atoms with Crippen LogP contribution >= 0.6 is 0 Å². The van der Waals surface area contributed by atoms with Crippen molar-refractivity contribution in [3.8, 4) is 5.75 Å². The number of ketones is 2. The monoisotopic (exact) mass is 588 g/mol. The lowest BCUT2D eigenvalue weighted by atomic mass is 9.81. The van der Waals surface area contributed by atoms with Crippen molar-refractivity contribution in [3.63, 3.8) is 0 Å². The lowest BCUT2D eigenvalue weighted by molar-refractivity contribution is -0.142. The molecule has 0 saturated heterocycles. The molecule has 0 aromatic heterocycles. The number of nitrogens with zero attached hydrogens (tertiary/aromatic N) is 1. The van der Waals surface area contributed by atoms with Crippen molar-refractivity contribution in [1.29, 1.82) is 0 Å². The Morgan fingerprint density at radius 2 is 1.88 bits per heavy atom. The molecule has 12 nitrogen and oxygen atoms in total. The van der Waals surface area contributed by atoms with Crippen molar-refractivity contribution >= 4 is 29.3 Å². The summed E-state index contributed by atoms with van der Waals surface area (Å²) in [5, 5.41) is 12.4. The first-order valence-corrected chi connectivity index (χ1v) is 14.8. The number of fused-ring (bicyclic) bond motifs is 11. The van der Waals surface area contributed by atoms with Crippen molar-refractivity contribution in [2.24, 2.45) is 45.9 Å². The molecular weight excluding hydrogens is 540 g/mol. The number of guanidine groups is 1. The van der Waals surface area contributed by atoms with Gasteiger partial charge in [0.2, 0.25) is 11.8 Å². The number of rotatable bonds is 14. The summed E-state index contributed by atoms with van der Waals surface area (Å²) in [6.07, 6.45) is 2.99. The molecule has 42 heavy (non-hydrogen) atoms. The number of nitrogens with two attached hydrogens (primary N) is 3. The van der Waals surface area contributed by atoms with Crippen LogP contribution in [0.4, 0.5) is 0 Å². The zero-order valence-electron chi connectivity index (χ0n) is 24.8. The van der Waals surface area contributed by atoms with Crippen LogP contribution in [0.5, 0.6) is 5.75 Å². The van der Waals surface area contributed by atoms with E-state index in [1.54, 1.807) is 17.6 Å². The van der Waals surface area contributed by atoms with E-state index in [2.05, 4.69) is 10.3 Å². The number of hydrogen-bond donors (Lipinski definition) is 6. The quantitative estimate of drug-likeness (QED) is 0.0611. The van der Waals surface area contributed by atoms with Crippen LogP contribution in [0.25, 0.3) is 0 Å². The van der Waals surface area contributed by atoms with E-state index in [0.717, 1.165) is 5.56 Å². The summed E-state index contributed by atoms with van der Waals surface area (Å²) in [7, 11) is 0. The number of amides is 2. The van der Waals surface area contributed by atoms with E-state index in [9.17, 15) is 24.4 Å². The Morgan fingerprint density at radius 3 is 2.50 bits per heavy atom. The molecule has 2 bridgehead atoms. The minimum Gasteiger partial charge on any atom is -0.494 e. The van der Waals surface area contributed by atoms with Gasteiger partial charge in [-0.05, 0) is 75.1 Å². The molecule has 2 amide bonds. The largest absolute Gasteiger partial charge is 0.494 e. The van der Waals surface area contributed by atoms with Crippen LogP contribution in [-0.4, -0.2) is 60.3 Å². The van der Waals surface area contributed by atoms with Gasteiger partial charge in [0, 0.05) is 31.2 Å². The highest BCUT2D eigenvalue weighted by atomic mass is 16.5. The van der Waals surface area contributed by atoms with Gasteiger partial charge in [-0.15, -0.1) is 0 Å². The number of Topliss-reactive ketones (excluding diaryl/α,β-unsaturated/α-hetero) is 2. The SMILES string of the molecule is CC(C)C[C@H]1C(=O)N[C@H](C(=O)C[C@@H](CCCN=C(N)N)C(=O)CCCN)Cc2ccc(cc2)OCCC[C@@H]1C(=O)NO. The first-order chi connectivity index (χ1) is 20.0. The third kappa shape index (κ3) is 11.8. The molecule has 3 rings (SSSR count). The lowest BCUT2D eigenvalue weighted by Gasteiger charge is -2.29. The molecule has 0 saturated carbocycles. The summed E-state index contributed by atoms with van der Waals surface area (Å²) in [5.74, 6) is -2.93. The maximum absolute atomic E-state index is 13.8. The Balaban J connectivity index is 2.39. The van der Waals surface area contributed by atoms with Gasteiger partial charge >= 0.3 is 0 Å². The molecule has 0 spiro atoms. The fourth-order valence-corrected chi connectivity index (χ4v) is 5.32. The van der Waals surface area contributed by atoms with Gasteiger partial charge < -0.3 is 27.3 Å². The lowest BCUT2D eigenvalue weighted by Crippen LogP contribution is -2.49. The van der Waals surface area contributed by atoms with Crippen molar-refractivity contribution in [1.82, 2.24) is 10.8 Å². The Kier molecular flexibility index (Phi) is 15.0. The van der Waals surface area contributed by atoms with Crippen LogP contribution < -0.4 is 32.7 Å². The van der Waals surface area contributed by atoms with Gasteiger partial charge in [0.1, 0.15) is 11.5 Å². The molecule has 4 atom stereocenters. The minimum absolute atomic E-state index is 0.0416. The van der Waals surface area contributed by atoms with Crippen LogP contribution in [0.15, 0.2) is 29.3 Å². The normalized spacial score (nSPS) is 20.1. The molecule has 0 aliphatic carbocycles. The molecule has 1 aromatic rings. The second kappa shape index (κ2) is 18.1. The van der Waals surface area contributed by atoms with Crippen LogP contribution in [0.1, 0.15) is 70.8 Å². The highest BCUT2D eigenvalue weighted by Crippen LogP contribution is 2.27. The third-order valence-electron chi connectivity index (χ3n) is 7.53. The van der Waals surface area contributed by atoms with Crippen molar-refractivity contribution in [3.05, 3.63) is 29.8 Å². The number of aliphatic imine (C=N–C) groups is 1. The summed E-state index contributed by atoms with van der Waals surface area (Å²) >= 11 is 0. The highest BCUT2D eigenvalue weighted by Gasteiger charge is 2.36. The Hall–Kier alpha value is -3.51. The number of nitrogens with one attached hydrogen (secondary N) is 2. The summed E-state index contributed by atoms with van der Waals surface area (Å²) in [4.78, 5) is 57.3. The smallest absolute Gasteiger partial charge is 0.247 e. The molecule has 12 heteroatoms. The van der Waals surface area contributed by atoms with E-state index in [0.29, 0.717) is 64.0 Å². The average Bonchev–Trinajstić information content (AvgIpc) is 2.95. The molecule has 0 unspecified atom stereocenters. The van der Waals surface area contributed by atoms with Gasteiger partial charge in [-0.25, -0.2) is 5.48 Å². The van der Waals surface area contributed by atoms with Gasteiger partial charge in [-0.3, -0.25) is 29.4 Å². The number of carbonyl (C=O) groups excluding carboxylic acids is 4. The number of carbonyl (C=O) groups is 4. The predicted octanol–water partition coefficient (Wildman–Crippen LogP) is 1.61. The molecule has 0 fully saturated rings.